The molecule has 0 bridgehead atoms. The van der Waals surface area contributed by atoms with Gasteiger partial charge in [-0.15, -0.1) is 0 Å². The summed E-state index contributed by atoms with van der Waals surface area (Å²) in [5.41, 5.74) is 3.88. The second-order valence-corrected chi connectivity index (χ2v) is 7.92. The van der Waals surface area contributed by atoms with Crippen LogP contribution in [0.1, 0.15) is 16.1 Å². The predicted octanol–water partition coefficient (Wildman–Crippen LogP) is 2.00. The molecule has 0 atom stereocenters. The van der Waals surface area contributed by atoms with Crippen molar-refractivity contribution in [2.24, 2.45) is 0 Å². The Labute approximate surface area is 183 Å². The third-order valence-corrected chi connectivity index (χ3v) is 5.96. The molecule has 32 heavy (non-hydrogen) atoms. The average Bonchev–Trinajstić information content (AvgIpc) is 3.30. The third-order valence-electron chi connectivity index (χ3n) is 5.96. The van der Waals surface area contributed by atoms with E-state index in [1.54, 1.807) is 18.2 Å². The molecule has 4 heterocycles. The minimum absolute atomic E-state index is 0.0684. The number of carbonyl (C=O) groups excluding carboxylic acids is 1. The number of nitrogens with one attached hydrogen (secondary N) is 2. The number of fused-ring (bicyclic) bond motifs is 3. The summed E-state index contributed by atoms with van der Waals surface area (Å²) in [6.45, 7) is 3.59. The van der Waals surface area contributed by atoms with Crippen LogP contribution in [0.5, 0.6) is 0 Å². The van der Waals surface area contributed by atoms with Crippen molar-refractivity contribution in [3.05, 3.63) is 76.2 Å². The van der Waals surface area contributed by atoms with Gasteiger partial charge in [0.1, 0.15) is 11.2 Å². The van der Waals surface area contributed by atoms with E-state index in [0.29, 0.717) is 24.3 Å². The number of hydrogen-bond acceptors (Lipinski definition) is 5. The van der Waals surface area contributed by atoms with Crippen molar-refractivity contribution in [2.45, 2.75) is 6.54 Å². The zero-order chi connectivity index (χ0) is 22.2. The van der Waals surface area contributed by atoms with Crippen molar-refractivity contribution >= 4 is 28.1 Å². The molecule has 8 nitrogen and oxygen atoms in total. The highest BCUT2D eigenvalue weighted by molar-refractivity contribution is 5.92. The van der Waals surface area contributed by atoms with Crippen molar-refractivity contribution in [3.63, 3.8) is 0 Å². The van der Waals surface area contributed by atoms with Crippen molar-refractivity contribution in [1.82, 2.24) is 24.6 Å². The second kappa shape index (κ2) is 8.08. The number of H-pyrrole nitrogens is 1. The minimum atomic E-state index is -0.630. The van der Waals surface area contributed by atoms with Gasteiger partial charge in [-0.2, -0.15) is 4.39 Å². The summed E-state index contributed by atoms with van der Waals surface area (Å²) < 4.78 is 16.4. The quantitative estimate of drug-likeness (QED) is 0.480. The number of carbonyl (C=O) groups is 1. The molecule has 164 valence electrons. The Hall–Kier alpha value is -3.72. The van der Waals surface area contributed by atoms with Crippen LogP contribution in [-0.2, 0) is 6.54 Å². The first kappa shape index (κ1) is 20.2. The van der Waals surface area contributed by atoms with Gasteiger partial charge >= 0.3 is 0 Å². The lowest BCUT2D eigenvalue weighted by atomic mass is 10.1. The molecular formula is C23H23FN6O2. The fourth-order valence-electron chi connectivity index (χ4n) is 4.28. The normalized spacial score (nSPS) is 14.9. The van der Waals surface area contributed by atoms with Gasteiger partial charge in [0, 0.05) is 46.0 Å². The van der Waals surface area contributed by atoms with E-state index in [2.05, 4.69) is 26.3 Å². The Morgan fingerprint density at radius 1 is 1.12 bits per heavy atom. The van der Waals surface area contributed by atoms with Crippen LogP contribution in [0.3, 0.4) is 0 Å². The molecule has 0 spiro atoms. The highest BCUT2D eigenvalue weighted by atomic mass is 19.1. The zero-order valence-corrected chi connectivity index (χ0v) is 17.6. The van der Waals surface area contributed by atoms with Gasteiger partial charge < -0.3 is 19.6 Å². The van der Waals surface area contributed by atoms with E-state index in [-0.39, 0.29) is 11.3 Å². The molecule has 0 unspecified atom stereocenters. The standard InChI is InChI=1S/C23H23FN6O2/c1-25-22(31)16-5-7-19(21(24)26-16)29-11-9-28(10-12-29)14-15-4-6-18-17(13-15)27-23(32)20-3-2-8-30(18)20/h2-8,13H,9-12,14H2,1H3,(H,25,31)(H,27,32). The van der Waals surface area contributed by atoms with Gasteiger partial charge in [0.05, 0.1) is 16.7 Å². The number of aromatic amines is 1. The number of hydrogen-bond donors (Lipinski definition) is 2. The van der Waals surface area contributed by atoms with Gasteiger partial charge in [-0.1, -0.05) is 6.07 Å². The Bertz CT molecular complexity index is 1370. The number of benzene rings is 1. The van der Waals surface area contributed by atoms with Crippen LogP contribution in [0.2, 0.25) is 0 Å². The smallest absolute Gasteiger partial charge is 0.272 e. The van der Waals surface area contributed by atoms with Crippen LogP contribution in [0.4, 0.5) is 10.1 Å². The number of anilines is 1. The van der Waals surface area contributed by atoms with Crippen LogP contribution in [-0.4, -0.2) is 58.4 Å². The molecule has 2 N–H and O–H groups in total. The molecule has 0 radical (unpaired) electrons. The van der Waals surface area contributed by atoms with Crippen LogP contribution in [0.25, 0.3) is 16.6 Å². The maximum Gasteiger partial charge on any atom is 0.272 e. The molecular weight excluding hydrogens is 411 g/mol. The molecule has 3 aromatic heterocycles. The summed E-state index contributed by atoms with van der Waals surface area (Å²) in [7, 11) is 1.49. The first-order chi connectivity index (χ1) is 15.5. The number of halogens is 1. The van der Waals surface area contributed by atoms with Crippen LogP contribution >= 0.6 is 0 Å². The number of nitrogens with zero attached hydrogens (tertiary/aromatic N) is 4. The van der Waals surface area contributed by atoms with Gasteiger partial charge in [-0.25, -0.2) is 4.98 Å². The van der Waals surface area contributed by atoms with Gasteiger partial charge in [-0.05, 0) is 42.0 Å². The zero-order valence-electron chi connectivity index (χ0n) is 17.6. The van der Waals surface area contributed by atoms with Crippen molar-refractivity contribution in [2.75, 3.05) is 38.1 Å². The van der Waals surface area contributed by atoms with E-state index in [1.165, 1.54) is 7.05 Å². The lowest BCUT2D eigenvalue weighted by Gasteiger charge is -2.36. The van der Waals surface area contributed by atoms with Gasteiger partial charge in [-0.3, -0.25) is 14.5 Å². The maximum atomic E-state index is 14.5. The average molecular weight is 434 g/mol. The summed E-state index contributed by atoms with van der Waals surface area (Å²) >= 11 is 0. The fourth-order valence-corrected chi connectivity index (χ4v) is 4.28. The van der Waals surface area contributed by atoms with Gasteiger partial charge in [0.2, 0.25) is 5.95 Å². The van der Waals surface area contributed by atoms with Crippen molar-refractivity contribution < 1.29 is 9.18 Å². The topological polar surface area (TPSA) is 85.7 Å². The van der Waals surface area contributed by atoms with Crippen LogP contribution < -0.4 is 15.8 Å². The van der Waals surface area contributed by atoms with E-state index in [9.17, 15) is 14.0 Å². The summed E-state index contributed by atoms with van der Waals surface area (Å²) in [5.74, 6) is -1.04. The Morgan fingerprint density at radius 2 is 1.94 bits per heavy atom. The van der Waals surface area contributed by atoms with Crippen LogP contribution in [0.15, 0.2) is 53.5 Å². The van der Waals surface area contributed by atoms with E-state index < -0.39 is 11.9 Å². The molecule has 1 aliphatic heterocycles. The number of piperazine rings is 1. The Kier molecular flexibility index (Phi) is 5.10. The summed E-state index contributed by atoms with van der Waals surface area (Å²) in [4.78, 5) is 34.9. The lowest BCUT2D eigenvalue weighted by Crippen LogP contribution is -2.46. The molecule has 1 saturated heterocycles. The fraction of sp³-hybridized carbons (Fsp3) is 0.261. The van der Waals surface area contributed by atoms with E-state index in [4.69, 9.17) is 0 Å². The van der Waals surface area contributed by atoms with Crippen molar-refractivity contribution in [3.8, 4) is 0 Å². The number of pyridine rings is 1. The largest absolute Gasteiger partial charge is 0.365 e. The Balaban J connectivity index is 1.28. The predicted molar refractivity (Wildman–Crippen MR) is 121 cm³/mol. The number of rotatable bonds is 4. The molecule has 9 heteroatoms. The molecule has 0 saturated carbocycles. The first-order valence-electron chi connectivity index (χ1n) is 10.5. The lowest BCUT2D eigenvalue weighted by molar-refractivity contribution is 0.0957. The molecule has 4 aromatic rings. The highest BCUT2D eigenvalue weighted by Crippen LogP contribution is 2.21. The van der Waals surface area contributed by atoms with E-state index in [0.717, 1.165) is 36.2 Å². The Morgan fingerprint density at radius 3 is 2.69 bits per heavy atom. The molecule has 1 aliphatic rings. The molecule has 1 fully saturated rings. The van der Waals surface area contributed by atoms with Crippen molar-refractivity contribution in [1.29, 1.82) is 0 Å². The second-order valence-electron chi connectivity index (χ2n) is 7.92. The van der Waals surface area contributed by atoms with Crippen LogP contribution in [0, 0.1) is 5.95 Å². The third kappa shape index (κ3) is 3.60. The monoisotopic (exact) mass is 434 g/mol. The number of amides is 1. The SMILES string of the molecule is CNC(=O)c1ccc(N2CCN(Cc3ccc4c(c3)[nH]c(=O)c3cccn34)CC2)c(F)n1. The first-order valence-corrected chi connectivity index (χ1v) is 10.5. The number of aromatic nitrogens is 3. The van der Waals surface area contributed by atoms with E-state index in [1.807, 2.05) is 33.7 Å². The molecule has 1 aromatic carbocycles. The summed E-state index contributed by atoms with van der Waals surface area (Å²) in [6.07, 6.45) is 1.89. The molecule has 0 aliphatic carbocycles. The summed E-state index contributed by atoms with van der Waals surface area (Å²) in [5, 5.41) is 2.45. The highest BCUT2D eigenvalue weighted by Gasteiger charge is 2.21. The molecule has 5 rings (SSSR count). The minimum Gasteiger partial charge on any atom is -0.365 e. The van der Waals surface area contributed by atoms with Gasteiger partial charge in [0.15, 0.2) is 0 Å². The maximum absolute atomic E-state index is 14.5. The molecule has 1 amide bonds. The van der Waals surface area contributed by atoms with Gasteiger partial charge in [0.25, 0.3) is 11.5 Å². The summed E-state index contributed by atoms with van der Waals surface area (Å²) in [6, 6.07) is 12.9. The van der Waals surface area contributed by atoms with E-state index >= 15 is 0 Å².